The highest BCUT2D eigenvalue weighted by molar-refractivity contribution is 5.99. The molecule has 2 aromatic carbocycles. The third-order valence-corrected chi connectivity index (χ3v) is 3.69. The number of phenols is 1. The number of halogens is 1. The number of hydrogen-bond donors (Lipinski definition) is 3. The van der Waals surface area contributed by atoms with E-state index in [9.17, 15) is 9.90 Å². The summed E-state index contributed by atoms with van der Waals surface area (Å²) in [5.74, 6) is -0.307. The van der Waals surface area contributed by atoms with Crippen molar-refractivity contribution >= 4 is 24.0 Å². The maximum Gasteiger partial charge on any atom is 0.269 e. The molecule has 0 fully saturated rings. The summed E-state index contributed by atoms with van der Waals surface area (Å²) >= 11 is 0. The monoisotopic (exact) mass is 356 g/mol. The van der Waals surface area contributed by atoms with Crippen LogP contribution in [0.15, 0.2) is 48.5 Å². The summed E-state index contributed by atoms with van der Waals surface area (Å²) in [6.45, 7) is 1.86. The van der Waals surface area contributed by atoms with E-state index in [1.807, 2.05) is 37.3 Å². The number of benzene rings is 2. The zero-order chi connectivity index (χ0) is 17.3. The summed E-state index contributed by atoms with van der Waals surface area (Å²) < 4.78 is 0. The molecule has 0 saturated heterocycles. The van der Waals surface area contributed by atoms with E-state index >= 15 is 0 Å². The van der Waals surface area contributed by atoms with E-state index in [0.717, 1.165) is 11.1 Å². The number of nitrogen functional groups attached to an aromatic ring is 1. The van der Waals surface area contributed by atoms with Crippen molar-refractivity contribution in [3.05, 3.63) is 59.8 Å². The number of nitrogens with two attached hydrogens (primary N) is 2. The lowest BCUT2D eigenvalue weighted by atomic mass is 10.0. The quantitative estimate of drug-likeness (QED) is 0.667. The molecule has 1 aromatic heterocycles. The number of amides is 1. The van der Waals surface area contributed by atoms with Gasteiger partial charge in [0.1, 0.15) is 5.75 Å². The van der Waals surface area contributed by atoms with Crippen molar-refractivity contribution in [2.24, 2.45) is 5.73 Å². The molecule has 0 atom stereocenters. The van der Waals surface area contributed by atoms with Crippen molar-refractivity contribution < 1.29 is 9.90 Å². The highest BCUT2D eigenvalue weighted by Crippen LogP contribution is 2.32. The van der Waals surface area contributed by atoms with Gasteiger partial charge in [-0.3, -0.25) is 4.79 Å². The van der Waals surface area contributed by atoms with Crippen LogP contribution < -0.4 is 11.5 Å². The largest absolute Gasteiger partial charge is 0.508 e. The Kier molecular flexibility index (Phi) is 5.24. The number of aromatic hydroxyl groups is 1. The van der Waals surface area contributed by atoms with Crippen LogP contribution in [0.2, 0.25) is 0 Å². The number of nitrogens with zero attached hydrogens (tertiary/aromatic N) is 2. The minimum atomic E-state index is -0.730. The molecule has 3 aromatic rings. The van der Waals surface area contributed by atoms with Crippen LogP contribution in [0.1, 0.15) is 16.1 Å². The van der Waals surface area contributed by atoms with Crippen molar-refractivity contribution in [3.63, 3.8) is 0 Å². The molecule has 0 unspecified atom stereocenters. The minimum Gasteiger partial charge on any atom is -0.508 e. The first kappa shape index (κ1) is 18.2. The topological polar surface area (TPSA) is 115 Å². The van der Waals surface area contributed by atoms with Gasteiger partial charge in [0.2, 0.25) is 0 Å². The summed E-state index contributed by atoms with van der Waals surface area (Å²) in [6, 6.07) is 14.1. The Morgan fingerprint density at radius 1 is 1.08 bits per heavy atom. The van der Waals surface area contributed by atoms with E-state index < -0.39 is 5.91 Å². The van der Waals surface area contributed by atoms with Gasteiger partial charge in [0, 0.05) is 11.1 Å². The van der Waals surface area contributed by atoms with Gasteiger partial charge in [0.25, 0.3) is 5.91 Å². The second kappa shape index (κ2) is 7.19. The lowest BCUT2D eigenvalue weighted by Crippen LogP contribution is -2.18. The van der Waals surface area contributed by atoms with Crippen LogP contribution in [0, 0.1) is 6.92 Å². The van der Waals surface area contributed by atoms with E-state index in [-0.39, 0.29) is 29.5 Å². The van der Waals surface area contributed by atoms with Gasteiger partial charge in [0.15, 0.2) is 11.5 Å². The fraction of sp³-hybridized carbons (Fsp3) is 0.0556. The van der Waals surface area contributed by atoms with E-state index in [1.165, 1.54) is 0 Å². The van der Waals surface area contributed by atoms with E-state index in [2.05, 4.69) is 9.97 Å². The zero-order valence-electron chi connectivity index (χ0n) is 13.4. The lowest BCUT2D eigenvalue weighted by Gasteiger charge is -2.13. The fourth-order valence-electron chi connectivity index (χ4n) is 2.44. The van der Waals surface area contributed by atoms with Crippen molar-refractivity contribution in [2.45, 2.75) is 6.92 Å². The SMILES string of the molecule is Cc1ccc(O)cc1-c1nc(-c2ccccc2)nc(C(N)=O)c1N.Cl. The average Bonchev–Trinajstić information content (AvgIpc) is 2.58. The Morgan fingerprint density at radius 2 is 1.76 bits per heavy atom. The predicted molar refractivity (Wildman–Crippen MR) is 99.5 cm³/mol. The number of carbonyl (C=O) groups is 1. The molecule has 1 heterocycles. The standard InChI is InChI=1S/C18H16N4O2.ClH/c1-10-7-8-12(23)9-13(10)15-14(19)16(17(20)24)22-18(21-15)11-5-3-2-4-6-11;/h2-9,23H,19H2,1H3,(H2,20,24);1H. The third-order valence-electron chi connectivity index (χ3n) is 3.69. The Balaban J connectivity index is 0.00000225. The summed E-state index contributed by atoms with van der Waals surface area (Å²) in [6.07, 6.45) is 0. The normalized spacial score (nSPS) is 10.1. The number of phenolic OH excluding ortho intramolecular Hbond substituents is 1. The molecule has 0 spiro atoms. The number of aryl methyl sites for hydroxylation is 1. The van der Waals surface area contributed by atoms with Crippen LogP contribution in [-0.4, -0.2) is 21.0 Å². The fourth-order valence-corrected chi connectivity index (χ4v) is 2.44. The van der Waals surface area contributed by atoms with Gasteiger partial charge in [-0.25, -0.2) is 9.97 Å². The van der Waals surface area contributed by atoms with Gasteiger partial charge in [-0.05, 0) is 24.6 Å². The molecule has 3 rings (SSSR count). The molecule has 5 N–H and O–H groups in total. The van der Waals surface area contributed by atoms with Crippen LogP contribution in [0.3, 0.4) is 0 Å². The molecular formula is C18H17ClN4O2. The number of anilines is 1. The molecular weight excluding hydrogens is 340 g/mol. The van der Waals surface area contributed by atoms with E-state index in [4.69, 9.17) is 11.5 Å². The van der Waals surface area contributed by atoms with Crippen molar-refractivity contribution in [3.8, 4) is 28.4 Å². The van der Waals surface area contributed by atoms with Gasteiger partial charge in [-0.2, -0.15) is 0 Å². The number of carbonyl (C=O) groups excluding carboxylic acids is 1. The smallest absolute Gasteiger partial charge is 0.269 e. The second-order valence-electron chi connectivity index (χ2n) is 5.39. The molecule has 0 aliphatic heterocycles. The highest BCUT2D eigenvalue weighted by Gasteiger charge is 2.19. The van der Waals surface area contributed by atoms with Gasteiger partial charge < -0.3 is 16.6 Å². The molecule has 128 valence electrons. The molecule has 0 radical (unpaired) electrons. The van der Waals surface area contributed by atoms with Gasteiger partial charge in [0.05, 0.1) is 11.4 Å². The van der Waals surface area contributed by atoms with Crippen LogP contribution in [0.5, 0.6) is 5.75 Å². The number of aromatic nitrogens is 2. The molecule has 7 heteroatoms. The molecule has 6 nitrogen and oxygen atoms in total. The average molecular weight is 357 g/mol. The van der Waals surface area contributed by atoms with Gasteiger partial charge in [-0.1, -0.05) is 36.4 Å². The molecule has 0 saturated carbocycles. The van der Waals surface area contributed by atoms with Crippen LogP contribution in [0.25, 0.3) is 22.6 Å². The second-order valence-corrected chi connectivity index (χ2v) is 5.39. The summed E-state index contributed by atoms with van der Waals surface area (Å²) in [5.41, 5.74) is 14.1. The maximum atomic E-state index is 11.7. The molecule has 1 amide bonds. The number of rotatable bonds is 3. The molecule has 0 aliphatic carbocycles. The Bertz CT molecular complexity index is 930. The summed E-state index contributed by atoms with van der Waals surface area (Å²) in [4.78, 5) is 20.5. The molecule has 0 bridgehead atoms. The van der Waals surface area contributed by atoms with E-state index in [1.54, 1.807) is 18.2 Å². The number of hydrogen-bond acceptors (Lipinski definition) is 5. The predicted octanol–water partition coefficient (Wildman–Crippen LogP) is 2.93. The summed E-state index contributed by atoms with van der Waals surface area (Å²) in [5, 5.41) is 9.78. The Labute approximate surface area is 151 Å². The van der Waals surface area contributed by atoms with Crippen molar-refractivity contribution in [1.82, 2.24) is 9.97 Å². The first-order valence-electron chi connectivity index (χ1n) is 7.30. The van der Waals surface area contributed by atoms with Gasteiger partial charge >= 0.3 is 0 Å². The Morgan fingerprint density at radius 3 is 2.40 bits per heavy atom. The van der Waals surface area contributed by atoms with Gasteiger partial charge in [-0.15, -0.1) is 12.4 Å². The lowest BCUT2D eigenvalue weighted by molar-refractivity contribution is 0.0996. The van der Waals surface area contributed by atoms with Crippen molar-refractivity contribution in [2.75, 3.05) is 5.73 Å². The van der Waals surface area contributed by atoms with Crippen LogP contribution in [-0.2, 0) is 0 Å². The highest BCUT2D eigenvalue weighted by atomic mass is 35.5. The maximum absolute atomic E-state index is 11.7. The number of primary amides is 1. The van der Waals surface area contributed by atoms with Crippen molar-refractivity contribution in [1.29, 1.82) is 0 Å². The zero-order valence-corrected chi connectivity index (χ0v) is 14.2. The van der Waals surface area contributed by atoms with E-state index in [0.29, 0.717) is 17.1 Å². The minimum absolute atomic E-state index is 0. The van der Waals surface area contributed by atoms with Crippen LogP contribution in [0.4, 0.5) is 5.69 Å². The summed E-state index contributed by atoms with van der Waals surface area (Å²) in [7, 11) is 0. The first-order chi connectivity index (χ1) is 11.5. The first-order valence-corrected chi connectivity index (χ1v) is 7.30. The molecule has 25 heavy (non-hydrogen) atoms. The Hall–Kier alpha value is -3.12. The third kappa shape index (κ3) is 3.54. The van der Waals surface area contributed by atoms with Crippen LogP contribution >= 0.6 is 12.4 Å². The molecule has 0 aliphatic rings.